The number of amides is 1. The van der Waals surface area contributed by atoms with E-state index in [4.69, 9.17) is 0 Å². The maximum atomic E-state index is 12.7. The van der Waals surface area contributed by atoms with Gasteiger partial charge in [-0.05, 0) is 18.8 Å². The Bertz CT molecular complexity index is 441. The van der Waals surface area contributed by atoms with Crippen LogP contribution in [0.3, 0.4) is 0 Å². The van der Waals surface area contributed by atoms with E-state index in [0.717, 1.165) is 17.4 Å². The van der Waals surface area contributed by atoms with Gasteiger partial charge in [-0.25, -0.2) is 4.98 Å². The van der Waals surface area contributed by atoms with Crippen molar-refractivity contribution >= 4 is 5.91 Å². The molecule has 0 atom stereocenters. The molecule has 0 spiro atoms. The van der Waals surface area contributed by atoms with Gasteiger partial charge in [0, 0.05) is 25.9 Å². The lowest BCUT2D eigenvalue weighted by molar-refractivity contribution is -0.131. The van der Waals surface area contributed by atoms with E-state index < -0.39 is 6.55 Å². The molecule has 1 fully saturated rings. The van der Waals surface area contributed by atoms with Crippen molar-refractivity contribution in [2.45, 2.75) is 51.6 Å². The molecule has 1 saturated carbocycles. The van der Waals surface area contributed by atoms with E-state index in [-0.39, 0.29) is 18.3 Å². The SMILES string of the molecule is CN(Cc1nccn1C(F)F)C(=O)CC1CCCCC1. The number of carbonyl (C=O) groups is 1. The highest BCUT2D eigenvalue weighted by Crippen LogP contribution is 2.26. The fraction of sp³-hybridized carbons (Fsp3) is 0.714. The quantitative estimate of drug-likeness (QED) is 0.833. The summed E-state index contributed by atoms with van der Waals surface area (Å²) in [4.78, 5) is 17.5. The third kappa shape index (κ3) is 3.77. The molecule has 0 bridgehead atoms. The van der Waals surface area contributed by atoms with Crippen LogP contribution in [0.15, 0.2) is 12.4 Å². The number of halogens is 2. The molecule has 0 radical (unpaired) electrons. The minimum absolute atomic E-state index is 0.0146. The molecule has 4 nitrogen and oxygen atoms in total. The summed E-state index contributed by atoms with van der Waals surface area (Å²) in [6.45, 7) is -2.49. The van der Waals surface area contributed by atoms with Gasteiger partial charge in [0.1, 0.15) is 5.82 Å². The average molecular weight is 285 g/mol. The Balaban J connectivity index is 1.88. The number of hydrogen-bond donors (Lipinski definition) is 0. The number of rotatable bonds is 5. The Morgan fingerprint density at radius 2 is 2.15 bits per heavy atom. The zero-order valence-corrected chi connectivity index (χ0v) is 11.8. The summed E-state index contributed by atoms with van der Waals surface area (Å²) in [7, 11) is 1.65. The number of nitrogens with zero attached hydrogens (tertiary/aromatic N) is 3. The van der Waals surface area contributed by atoms with Crippen molar-refractivity contribution in [3.63, 3.8) is 0 Å². The second-order valence-electron chi connectivity index (χ2n) is 5.49. The number of hydrogen-bond acceptors (Lipinski definition) is 2. The van der Waals surface area contributed by atoms with Crippen LogP contribution < -0.4 is 0 Å². The van der Waals surface area contributed by atoms with Gasteiger partial charge in [0.2, 0.25) is 5.91 Å². The van der Waals surface area contributed by atoms with E-state index >= 15 is 0 Å². The molecule has 0 saturated heterocycles. The first-order valence-electron chi connectivity index (χ1n) is 7.11. The minimum atomic E-state index is -2.62. The molecule has 112 valence electrons. The van der Waals surface area contributed by atoms with Gasteiger partial charge in [0.05, 0.1) is 6.54 Å². The molecule has 0 aliphatic heterocycles. The van der Waals surface area contributed by atoms with E-state index in [1.54, 1.807) is 7.05 Å². The molecule has 1 aromatic rings. The minimum Gasteiger partial charge on any atom is -0.338 e. The van der Waals surface area contributed by atoms with Gasteiger partial charge in [-0.3, -0.25) is 9.36 Å². The highest BCUT2D eigenvalue weighted by molar-refractivity contribution is 5.76. The van der Waals surface area contributed by atoms with Crippen molar-refractivity contribution in [1.82, 2.24) is 14.5 Å². The lowest BCUT2D eigenvalue weighted by atomic mass is 9.87. The van der Waals surface area contributed by atoms with Crippen LogP contribution >= 0.6 is 0 Å². The van der Waals surface area contributed by atoms with Crippen molar-refractivity contribution in [3.05, 3.63) is 18.2 Å². The number of imidazole rings is 1. The molecular weight excluding hydrogens is 264 g/mol. The second kappa shape index (κ2) is 6.81. The fourth-order valence-electron chi connectivity index (χ4n) is 2.74. The molecule has 1 heterocycles. The summed E-state index contributed by atoms with van der Waals surface area (Å²) in [5.74, 6) is 0.689. The Kier molecular flexibility index (Phi) is 5.09. The molecule has 6 heteroatoms. The molecule has 1 aromatic heterocycles. The first kappa shape index (κ1) is 14.9. The molecule has 0 N–H and O–H groups in total. The standard InChI is InChI=1S/C14H21F2N3O/c1-18(10-12-17-7-8-19(12)14(15)16)13(20)9-11-5-3-2-4-6-11/h7-8,11,14H,2-6,9-10H2,1H3. The third-order valence-corrected chi connectivity index (χ3v) is 3.95. The highest BCUT2D eigenvalue weighted by atomic mass is 19.3. The van der Waals surface area contributed by atoms with Gasteiger partial charge in [0.15, 0.2) is 0 Å². The summed E-state index contributed by atoms with van der Waals surface area (Å²) in [5.41, 5.74) is 0. The molecule has 0 unspecified atom stereocenters. The van der Waals surface area contributed by atoms with E-state index in [1.807, 2.05) is 0 Å². The molecule has 0 aromatic carbocycles. The smallest absolute Gasteiger partial charge is 0.319 e. The summed E-state index contributed by atoms with van der Waals surface area (Å²) in [6, 6.07) is 0. The number of alkyl halides is 2. The van der Waals surface area contributed by atoms with Crippen molar-refractivity contribution in [2.24, 2.45) is 5.92 Å². The van der Waals surface area contributed by atoms with Crippen LogP contribution in [0.1, 0.15) is 50.9 Å². The van der Waals surface area contributed by atoms with Crippen LogP contribution in [-0.4, -0.2) is 27.4 Å². The predicted molar refractivity (Wildman–Crippen MR) is 71.1 cm³/mol. The lowest BCUT2D eigenvalue weighted by Gasteiger charge is -2.24. The van der Waals surface area contributed by atoms with Crippen LogP contribution in [0.4, 0.5) is 8.78 Å². The number of aromatic nitrogens is 2. The van der Waals surface area contributed by atoms with Crippen LogP contribution in [0.2, 0.25) is 0 Å². The Morgan fingerprint density at radius 1 is 1.45 bits per heavy atom. The highest BCUT2D eigenvalue weighted by Gasteiger charge is 2.21. The van der Waals surface area contributed by atoms with Crippen molar-refractivity contribution < 1.29 is 13.6 Å². The largest absolute Gasteiger partial charge is 0.338 e. The van der Waals surface area contributed by atoms with Crippen molar-refractivity contribution in [3.8, 4) is 0 Å². The molecular formula is C14H21F2N3O. The van der Waals surface area contributed by atoms with Gasteiger partial charge in [-0.2, -0.15) is 8.78 Å². The van der Waals surface area contributed by atoms with E-state index in [1.165, 1.54) is 36.6 Å². The van der Waals surface area contributed by atoms with E-state index in [0.29, 0.717) is 12.3 Å². The Labute approximate surface area is 117 Å². The number of carbonyl (C=O) groups excluding carboxylic acids is 1. The zero-order valence-electron chi connectivity index (χ0n) is 11.8. The zero-order chi connectivity index (χ0) is 14.5. The van der Waals surface area contributed by atoms with Crippen molar-refractivity contribution in [2.75, 3.05) is 7.05 Å². The summed E-state index contributed by atoms with van der Waals surface area (Å²) in [5, 5.41) is 0. The Hall–Kier alpha value is -1.46. The van der Waals surface area contributed by atoms with Gasteiger partial charge < -0.3 is 4.90 Å². The van der Waals surface area contributed by atoms with Crippen LogP contribution in [0.25, 0.3) is 0 Å². The summed E-state index contributed by atoms with van der Waals surface area (Å²) in [6.07, 6.45) is 8.93. The van der Waals surface area contributed by atoms with Crippen LogP contribution in [0.5, 0.6) is 0 Å². The monoisotopic (exact) mass is 285 g/mol. The average Bonchev–Trinajstić information content (AvgIpc) is 2.88. The van der Waals surface area contributed by atoms with Gasteiger partial charge >= 0.3 is 6.55 Å². The predicted octanol–water partition coefficient (Wildman–Crippen LogP) is 3.21. The van der Waals surface area contributed by atoms with Gasteiger partial charge in [-0.15, -0.1) is 0 Å². The second-order valence-corrected chi connectivity index (χ2v) is 5.49. The Morgan fingerprint density at radius 3 is 2.80 bits per heavy atom. The van der Waals surface area contributed by atoms with Crippen LogP contribution in [-0.2, 0) is 11.3 Å². The first-order valence-corrected chi connectivity index (χ1v) is 7.11. The van der Waals surface area contributed by atoms with Crippen molar-refractivity contribution in [1.29, 1.82) is 0 Å². The third-order valence-electron chi connectivity index (χ3n) is 3.95. The molecule has 1 aliphatic carbocycles. The van der Waals surface area contributed by atoms with Gasteiger partial charge in [-0.1, -0.05) is 19.3 Å². The van der Waals surface area contributed by atoms with E-state index in [2.05, 4.69) is 4.98 Å². The maximum absolute atomic E-state index is 12.7. The molecule has 2 rings (SSSR count). The summed E-state index contributed by atoms with van der Waals surface area (Å²) < 4.78 is 26.2. The first-order chi connectivity index (χ1) is 9.58. The molecule has 1 amide bonds. The topological polar surface area (TPSA) is 38.1 Å². The van der Waals surface area contributed by atoms with E-state index in [9.17, 15) is 13.6 Å². The lowest BCUT2D eigenvalue weighted by Crippen LogP contribution is -2.29. The maximum Gasteiger partial charge on any atom is 0.319 e. The fourth-order valence-corrected chi connectivity index (χ4v) is 2.74. The molecule has 20 heavy (non-hydrogen) atoms. The summed E-state index contributed by atoms with van der Waals surface area (Å²) >= 11 is 0. The normalized spacial score (nSPS) is 16.6. The van der Waals surface area contributed by atoms with Crippen LogP contribution in [0, 0.1) is 5.92 Å². The van der Waals surface area contributed by atoms with Gasteiger partial charge in [0.25, 0.3) is 0 Å². The molecule has 1 aliphatic rings.